The van der Waals surface area contributed by atoms with Crippen molar-refractivity contribution in [1.82, 2.24) is 0 Å². The number of carbonyl (C=O) groups excluding carboxylic acids is 1. The van der Waals surface area contributed by atoms with E-state index in [4.69, 9.17) is 5.21 Å². The minimum atomic E-state index is 0.205. The number of amides is 1. The zero-order chi connectivity index (χ0) is 14.7. The molecule has 1 fully saturated rings. The first-order chi connectivity index (χ1) is 10.3. The number of benzene rings is 1. The highest BCUT2D eigenvalue weighted by Crippen LogP contribution is 2.30. The molecule has 1 N–H and O–H groups in total. The Morgan fingerprint density at radius 2 is 2.10 bits per heavy atom. The number of rotatable bonds is 2. The van der Waals surface area contributed by atoms with Crippen LogP contribution in [-0.2, 0) is 4.79 Å². The fraction of sp³-hybridized carbons (Fsp3) is 0.500. The van der Waals surface area contributed by atoms with Gasteiger partial charge in [0.15, 0.2) is 0 Å². The second-order valence-corrected chi connectivity index (χ2v) is 6.84. The van der Waals surface area contributed by atoms with Gasteiger partial charge in [0, 0.05) is 24.9 Å². The van der Waals surface area contributed by atoms with Crippen LogP contribution < -0.4 is 4.90 Å². The van der Waals surface area contributed by atoms with Crippen LogP contribution in [0.4, 0.5) is 5.69 Å². The lowest BCUT2D eigenvalue weighted by atomic mass is 9.95. The highest BCUT2D eigenvalue weighted by molar-refractivity contribution is 7.99. The van der Waals surface area contributed by atoms with Crippen LogP contribution in [0.25, 0.3) is 0 Å². The monoisotopic (exact) mass is 304 g/mol. The Labute approximate surface area is 129 Å². The minimum absolute atomic E-state index is 0.205. The van der Waals surface area contributed by atoms with Crippen molar-refractivity contribution >= 4 is 29.1 Å². The number of carbonyl (C=O) groups is 1. The maximum atomic E-state index is 12.6. The number of nitrogens with zero attached hydrogens (tertiary/aromatic N) is 2. The van der Waals surface area contributed by atoms with Gasteiger partial charge >= 0.3 is 0 Å². The minimum Gasteiger partial charge on any atom is -0.411 e. The molecule has 0 bridgehead atoms. The lowest BCUT2D eigenvalue weighted by Gasteiger charge is -2.31. The Kier molecular flexibility index (Phi) is 4.48. The molecule has 112 valence electrons. The molecule has 4 nitrogen and oxygen atoms in total. The molecule has 0 unspecified atom stereocenters. The van der Waals surface area contributed by atoms with E-state index in [0.29, 0.717) is 31.0 Å². The van der Waals surface area contributed by atoms with Crippen molar-refractivity contribution in [2.75, 3.05) is 23.0 Å². The van der Waals surface area contributed by atoms with Crippen LogP contribution in [0.5, 0.6) is 0 Å². The summed E-state index contributed by atoms with van der Waals surface area (Å²) in [5, 5.41) is 12.5. The molecular formula is C16H20N2O2S. The molecule has 0 aliphatic carbocycles. The highest BCUT2D eigenvalue weighted by Gasteiger charge is 2.28. The predicted molar refractivity (Wildman–Crippen MR) is 86.4 cm³/mol. The van der Waals surface area contributed by atoms with E-state index >= 15 is 0 Å². The molecule has 1 aromatic rings. The van der Waals surface area contributed by atoms with Gasteiger partial charge in [0.2, 0.25) is 5.91 Å². The third-order valence-corrected chi connectivity index (χ3v) is 5.35. The Bertz CT molecular complexity index is 553. The summed E-state index contributed by atoms with van der Waals surface area (Å²) in [5.41, 5.74) is 2.43. The van der Waals surface area contributed by atoms with Crippen molar-refractivity contribution < 1.29 is 10.0 Å². The van der Waals surface area contributed by atoms with Crippen molar-refractivity contribution in [2.24, 2.45) is 11.1 Å². The number of thioether (sulfide) groups is 1. The summed E-state index contributed by atoms with van der Waals surface area (Å²) in [6, 6.07) is 7.70. The van der Waals surface area contributed by atoms with Gasteiger partial charge in [-0.15, -0.1) is 0 Å². The number of fused-ring (bicyclic) bond motifs is 1. The lowest BCUT2D eigenvalue weighted by molar-refractivity contribution is -0.119. The molecule has 1 amide bonds. The van der Waals surface area contributed by atoms with Crippen molar-refractivity contribution in [3.05, 3.63) is 29.8 Å². The largest absolute Gasteiger partial charge is 0.411 e. The van der Waals surface area contributed by atoms with Gasteiger partial charge in [-0.05, 0) is 36.3 Å². The fourth-order valence-corrected chi connectivity index (χ4v) is 4.30. The van der Waals surface area contributed by atoms with Crippen molar-refractivity contribution in [3.8, 4) is 0 Å². The van der Waals surface area contributed by atoms with Gasteiger partial charge in [0.05, 0.1) is 11.4 Å². The van der Waals surface area contributed by atoms with Gasteiger partial charge in [-0.3, -0.25) is 4.79 Å². The topological polar surface area (TPSA) is 52.9 Å². The number of oxime groups is 1. The van der Waals surface area contributed by atoms with E-state index in [1.54, 1.807) is 0 Å². The summed E-state index contributed by atoms with van der Waals surface area (Å²) in [6.45, 7) is 0.608. The summed E-state index contributed by atoms with van der Waals surface area (Å²) in [7, 11) is 0. The van der Waals surface area contributed by atoms with Crippen molar-refractivity contribution in [1.29, 1.82) is 0 Å². The zero-order valence-corrected chi connectivity index (χ0v) is 12.8. The SMILES string of the molecule is O=C(CC1CCSCC1)N1CC/C(=N/O)c2ccccc21. The number of hydrogen-bond donors (Lipinski definition) is 1. The van der Waals surface area contributed by atoms with E-state index < -0.39 is 0 Å². The van der Waals surface area contributed by atoms with E-state index in [1.165, 1.54) is 11.5 Å². The standard InChI is InChI=1S/C16H20N2O2S/c19-16(11-12-6-9-21-10-7-12)18-8-5-14(17-20)13-3-1-2-4-15(13)18/h1-4,12,20H,5-11H2/b17-14-. The molecule has 3 rings (SSSR count). The lowest BCUT2D eigenvalue weighted by Crippen LogP contribution is -2.38. The smallest absolute Gasteiger partial charge is 0.227 e. The molecule has 1 saturated heterocycles. The van der Waals surface area contributed by atoms with Crippen molar-refractivity contribution in [3.63, 3.8) is 0 Å². The van der Waals surface area contributed by atoms with Gasteiger partial charge in [0.1, 0.15) is 0 Å². The number of para-hydroxylation sites is 1. The first-order valence-corrected chi connectivity index (χ1v) is 8.63. The average Bonchev–Trinajstić information content (AvgIpc) is 2.54. The van der Waals surface area contributed by atoms with Crippen LogP contribution in [0.1, 0.15) is 31.2 Å². The fourth-order valence-electron chi connectivity index (χ4n) is 3.10. The van der Waals surface area contributed by atoms with E-state index in [-0.39, 0.29) is 5.91 Å². The van der Waals surface area contributed by atoms with Crippen LogP contribution in [0.3, 0.4) is 0 Å². The van der Waals surface area contributed by atoms with Crippen LogP contribution in [0.2, 0.25) is 0 Å². The summed E-state index contributed by atoms with van der Waals surface area (Å²) in [4.78, 5) is 14.5. The number of hydrogen-bond acceptors (Lipinski definition) is 4. The van der Waals surface area contributed by atoms with E-state index in [9.17, 15) is 4.79 Å². The molecule has 0 saturated carbocycles. The number of anilines is 1. The maximum Gasteiger partial charge on any atom is 0.227 e. The van der Waals surface area contributed by atoms with Gasteiger partial charge in [-0.25, -0.2) is 0 Å². The van der Waals surface area contributed by atoms with Crippen LogP contribution in [0, 0.1) is 5.92 Å². The maximum absolute atomic E-state index is 12.6. The normalized spacial score (nSPS) is 21.3. The molecule has 2 aliphatic heterocycles. The summed E-state index contributed by atoms with van der Waals surface area (Å²) in [6.07, 6.45) is 3.55. The zero-order valence-electron chi connectivity index (χ0n) is 12.0. The predicted octanol–water partition coefficient (Wildman–Crippen LogP) is 3.13. The molecular weight excluding hydrogens is 284 g/mol. The molecule has 2 aliphatic rings. The molecule has 21 heavy (non-hydrogen) atoms. The molecule has 0 aromatic heterocycles. The summed E-state index contributed by atoms with van der Waals surface area (Å²) < 4.78 is 0. The van der Waals surface area contributed by atoms with Gasteiger partial charge < -0.3 is 10.1 Å². The Balaban J connectivity index is 1.77. The summed E-state index contributed by atoms with van der Waals surface area (Å²) in [5.74, 6) is 3.08. The Morgan fingerprint density at radius 1 is 1.33 bits per heavy atom. The molecule has 0 radical (unpaired) electrons. The van der Waals surface area contributed by atoms with Gasteiger partial charge in [0.25, 0.3) is 0 Å². The second kappa shape index (κ2) is 6.52. The molecule has 0 atom stereocenters. The third-order valence-electron chi connectivity index (χ3n) is 4.30. The summed E-state index contributed by atoms with van der Waals surface area (Å²) >= 11 is 1.98. The quantitative estimate of drug-likeness (QED) is 0.674. The third kappa shape index (κ3) is 3.07. The average molecular weight is 304 g/mol. The van der Waals surface area contributed by atoms with Crippen LogP contribution in [-0.4, -0.2) is 34.9 Å². The first kappa shape index (κ1) is 14.4. The highest BCUT2D eigenvalue weighted by atomic mass is 32.2. The van der Waals surface area contributed by atoms with Crippen LogP contribution in [0.15, 0.2) is 29.4 Å². The molecule has 2 heterocycles. The Hall–Kier alpha value is -1.49. The van der Waals surface area contributed by atoms with Gasteiger partial charge in [-0.2, -0.15) is 11.8 Å². The molecule has 1 aromatic carbocycles. The van der Waals surface area contributed by atoms with Crippen molar-refractivity contribution in [2.45, 2.75) is 25.7 Å². The first-order valence-electron chi connectivity index (χ1n) is 7.48. The van der Waals surface area contributed by atoms with Gasteiger partial charge in [-0.1, -0.05) is 23.4 Å². The second-order valence-electron chi connectivity index (χ2n) is 5.62. The van der Waals surface area contributed by atoms with Crippen LogP contribution >= 0.6 is 11.8 Å². The van der Waals surface area contributed by atoms with E-state index in [1.807, 2.05) is 40.9 Å². The van der Waals surface area contributed by atoms with E-state index in [2.05, 4.69) is 5.16 Å². The Morgan fingerprint density at radius 3 is 2.86 bits per heavy atom. The molecule has 5 heteroatoms. The van der Waals surface area contributed by atoms with E-state index in [0.717, 1.165) is 24.1 Å². The molecule has 0 spiro atoms.